The van der Waals surface area contributed by atoms with Crippen LogP contribution in [-0.2, 0) is 13.6 Å². The number of hydrogen-bond donors (Lipinski definition) is 2. The zero-order chi connectivity index (χ0) is 12.1. The molecule has 7 heteroatoms. The molecule has 3 N–H and O–H groups in total. The van der Waals surface area contributed by atoms with E-state index < -0.39 is 0 Å². The van der Waals surface area contributed by atoms with E-state index in [2.05, 4.69) is 20.1 Å². The lowest BCUT2D eigenvalue weighted by Crippen LogP contribution is -2.33. The third-order valence-corrected chi connectivity index (χ3v) is 2.58. The van der Waals surface area contributed by atoms with Crippen molar-refractivity contribution in [2.75, 3.05) is 7.05 Å². The fraction of sp³-hybridized carbons (Fsp3) is 0.667. The fourth-order valence-electron chi connectivity index (χ4n) is 1.34. The summed E-state index contributed by atoms with van der Waals surface area (Å²) in [7, 11) is 3.81. The van der Waals surface area contributed by atoms with E-state index in [1.165, 1.54) is 6.33 Å². The summed E-state index contributed by atoms with van der Waals surface area (Å²) in [4.78, 5) is 6.21. The van der Waals surface area contributed by atoms with Gasteiger partial charge in [-0.3, -0.25) is 9.58 Å². The lowest BCUT2D eigenvalue weighted by Gasteiger charge is -2.23. The molecule has 1 heterocycles. The van der Waals surface area contributed by atoms with Crippen LogP contribution in [0.5, 0.6) is 0 Å². The van der Waals surface area contributed by atoms with E-state index >= 15 is 0 Å². The van der Waals surface area contributed by atoms with Crippen LogP contribution in [0.2, 0.25) is 0 Å². The first-order valence-corrected chi connectivity index (χ1v) is 5.04. The lowest BCUT2D eigenvalue weighted by molar-refractivity contribution is 0.242. The molecule has 16 heavy (non-hydrogen) atoms. The Hall–Kier alpha value is -1.63. The Bertz CT molecular complexity index is 361. The van der Waals surface area contributed by atoms with Gasteiger partial charge in [0.25, 0.3) is 0 Å². The van der Waals surface area contributed by atoms with Crippen molar-refractivity contribution in [1.82, 2.24) is 19.7 Å². The van der Waals surface area contributed by atoms with Gasteiger partial charge in [0.15, 0.2) is 0 Å². The Morgan fingerprint density at radius 1 is 1.75 bits per heavy atom. The quantitative estimate of drug-likeness (QED) is 0.313. The summed E-state index contributed by atoms with van der Waals surface area (Å²) in [5.74, 6) is 1.12. The second-order valence-corrected chi connectivity index (χ2v) is 3.86. The molecule has 0 saturated carbocycles. The molecule has 1 aromatic rings. The Morgan fingerprint density at radius 3 is 2.94 bits per heavy atom. The minimum atomic E-state index is 0.174. The van der Waals surface area contributed by atoms with Gasteiger partial charge in [0.1, 0.15) is 18.0 Å². The van der Waals surface area contributed by atoms with E-state index in [0.29, 0.717) is 13.0 Å². The first-order valence-electron chi connectivity index (χ1n) is 5.04. The van der Waals surface area contributed by atoms with E-state index in [1.807, 2.05) is 21.0 Å². The molecule has 1 rings (SSSR count). The standard InChI is InChI=1S/C9H18N6O/c1-7(4-8(10)13-16)14(2)5-9-11-6-12-15(9)3/h6-7,16H,4-5H2,1-3H3,(H2,10,13). The number of oxime groups is 1. The number of nitrogens with zero attached hydrogens (tertiary/aromatic N) is 5. The molecule has 0 fully saturated rings. The van der Waals surface area contributed by atoms with Gasteiger partial charge in [0, 0.05) is 19.5 Å². The molecule has 0 aliphatic rings. The van der Waals surface area contributed by atoms with Crippen molar-refractivity contribution < 1.29 is 5.21 Å². The lowest BCUT2D eigenvalue weighted by atomic mass is 10.2. The van der Waals surface area contributed by atoms with Crippen LogP contribution in [0.4, 0.5) is 0 Å². The number of aryl methyl sites for hydroxylation is 1. The smallest absolute Gasteiger partial charge is 0.140 e. The highest BCUT2D eigenvalue weighted by Crippen LogP contribution is 2.05. The molecule has 90 valence electrons. The van der Waals surface area contributed by atoms with Crippen molar-refractivity contribution >= 4 is 5.84 Å². The van der Waals surface area contributed by atoms with Crippen molar-refractivity contribution in [2.45, 2.75) is 25.9 Å². The minimum absolute atomic E-state index is 0.174. The number of nitrogens with two attached hydrogens (primary N) is 1. The van der Waals surface area contributed by atoms with Gasteiger partial charge in [-0.25, -0.2) is 4.98 Å². The van der Waals surface area contributed by atoms with Crippen LogP contribution in [-0.4, -0.2) is 43.8 Å². The Morgan fingerprint density at radius 2 is 2.44 bits per heavy atom. The molecule has 1 unspecified atom stereocenters. The van der Waals surface area contributed by atoms with Crippen molar-refractivity contribution in [3.63, 3.8) is 0 Å². The van der Waals surface area contributed by atoms with Crippen LogP contribution in [0, 0.1) is 0 Å². The van der Waals surface area contributed by atoms with Crippen molar-refractivity contribution in [3.8, 4) is 0 Å². The molecule has 0 amide bonds. The number of aromatic nitrogens is 3. The summed E-state index contributed by atoms with van der Waals surface area (Å²) < 4.78 is 1.73. The SMILES string of the molecule is CC(CC(N)=NO)N(C)Cc1ncnn1C. The molecule has 0 aromatic carbocycles. The highest BCUT2D eigenvalue weighted by Gasteiger charge is 2.13. The van der Waals surface area contributed by atoms with Crippen LogP contribution in [0.25, 0.3) is 0 Å². The van der Waals surface area contributed by atoms with Gasteiger partial charge in [-0.05, 0) is 14.0 Å². The van der Waals surface area contributed by atoms with Crippen LogP contribution in [0.3, 0.4) is 0 Å². The van der Waals surface area contributed by atoms with Crippen LogP contribution >= 0.6 is 0 Å². The fourth-order valence-corrected chi connectivity index (χ4v) is 1.34. The van der Waals surface area contributed by atoms with E-state index in [9.17, 15) is 0 Å². The highest BCUT2D eigenvalue weighted by atomic mass is 16.4. The number of hydrogen-bond acceptors (Lipinski definition) is 5. The average Bonchev–Trinajstić information content (AvgIpc) is 2.64. The summed E-state index contributed by atoms with van der Waals surface area (Å²) in [5.41, 5.74) is 5.46. The third-order valence-electron chi connectivity index (χ3n) is 2.58. The largest absolute Gasteiger partial charge is 0.409 e. The van der Waals surface area contributed by atoms with Gasteiger partial charge in [0.05, 0.1) is 6.54 Å². The molecule has 0 bridgehead atoms. The summed E-state index contributed by atoms with van der Waals surface area (Å²) >= 11 is 0. The van der Waals surface area contributed by atoms with E-state index in [4.69, 9.17) is 10.9 Å². The summed E-state index contributed by atoms with van der Waals surface area (Å²) in [6.45, 7) is 2.69. The van der Waals surface area contributed by atoms with E-state index in [1.54, 1.807) is 4.68 Å². The maximum atomic E-state index is 8.48. The van der Waals surface area contributed by atoms with E-state index in [-0.39, 0.29) is 11.9 Å². The number of amidine groups is 1. The van der Waals surface area contributed by atoms with Crippen molar-refractivity contribution in [1.29, 1.82) is 0 Å². The Labute approximate surface area is 94.6 Å². The molecule has 7 nitrogen and oxygen atoms in total. The topological polar surface area (TPSA) is 92.6 Å². The maximum Gasteiger partial charge on any atom is 0.140 e. The second kappa shape index (κ2) is 5.45. The Balaban J connectivity index is 2.52. The third kappa shape index (κ3) is 3.20. The van der Waals surface area contributed by atoms with Gasteiger partial charge in [0.2, 0.25) is 0 Å². The number of rotatable bonds is 5. The van der Waals surface area contributed by atoms with Crippen LogP contribution in [0.1, 0.15) is 19.2 Å². The summed E-state index contributed by atoms with van der Waals surface area (Å²) in [6.07, 6.45) is 2.04. The first-order chi connectivity index (χ1) is 7.54. The van der Waals surface area contributed by atoms with Gasteiger partial charge in [-0.1, -0.05) is 5.16 Å². The zero-order valence-corrected chi connectivity index (χ0v) is 9.83. The molecule has 0 aliphatic carbocycles. The Kier molecular flexibility index (Phi) is 4.24. The van der Waals surface area contributed by atoms with Gasteiger partial charge in [-0.15, -0.1) is 0 Å². The molecular weight excluding hydrogens is 208 g/mol. The van der Waals surface area contributed by atoms with Crippen LogP contribution in [0.15, 0.2) is 11.5 Å². The predicted molar refractivity (Wildman–Crippen MR) is 60.0 cm³/mol. The van der Waals surface area contributed by atoms with Crippen molar-refractivity contribution in [3.05, 3.63) is 12.2 Å². The van der Waals surface area contributed by atoms with Crippen LogP contribution < -0.4 is 5.73 Å². The monoisotopic (exact) mass is 226 g/mol. The normalized spacial score (nSPS) is 14.4. The first kappa shape index (κ1) is 12.4. The van der Waals surface area contributed by atoms with Gasteiger partial charge >= 0.3 is 0 Å². The summed E-state index contributed by atoms with van der Waals surface area (Å²) in [5, 5.41) is 15.4. The predicted octanol–water partition coefficient (Wildman–Crippen LogP) is -0.228. The molecule has 0 spiro atoms. The van der Waals surface area contributed by atoms with Gasteiger partial charge < -0.3 is 10.9 Å². The van der Waals surface area contributed by atoms with Gasteiger partial charge in [-0.2, -0.15) is 5.10 Å². The molecule has 0 aliphatic heterocycles. The molecule has 0 radical (unpaired) electrons. The summed E-state index contributed by atoms with van der Waals surface area (Å²) in [6, 6.07) is 0.174. The molecular formula is C9H18N6O. The highest BCUT2D eigenvalue weighted by molar-refractivity contribution is 5.80. The molecule has 1 atom stereocenters. The molecule has 0 saturated heterocycles. The van der Waals surface area contributed by atoms with Crippen molar-refractivity contribution in [2.24, 2.45) is 17.9 Å². The average molecular weight is 226 g/mol. The minimum Gasteiger partial charge on any atom is -0.409 e. The maximum absolute atomic E-state index is 8.48. The second-order valence-electron chi connectivity index (χ2n) is 3.86. The molecule has 1 aromatic heterocycles. The van der Waals surface area contributed by atoms with E-state index in [0.717, 1.165) is 5.82 Å². The zero-order valence-electron chi connectivity index (χ0n) is 9.83.